The topological polar surface area (TPSA) is 122 Å². The molecule has 3 aromatic rings. The van der Waals surface area contributed by atoms with E-state index < -0.39 is 23.7 Å². The lowest BCUT2D eigenvalue weighted by molar-refractivity contribution is -0.116. The van der Waals surface area contributed by atoms with Crippen LogP contribution >= 0.6 is 11.6 Å². The molecule has 0 fully saturated rings. The number of halogens is 1. The number of H-pyrrole nitrogens is 1. The molecule has 156 valence electrons. The molecule has 0 spiro atoms. The van der Waals surface area contributed by atoms with E-state index in [1.807, 2.05) is 0 Å². The van der Waals surface area contributed by atoms with Crippen LogP contribution in [0.3, 0.4) is 0 Å². The van der Waals surface area contributed by atoms with Gasteiger partial charge in [-0.1, -0.05) is 23.7 Å². The van der Waals surface area contributed by atoms with E-state index in [4.69, 9.17) is 16.3 Å². The molecular weight excluding hydrogens is 412 g/mol. The monoisotopic (exact) mass is 430 g/mol. The number of fused-ring (bicyclic) bond motifs is 1. The van der Waals surface area contributed by atoms with E-state index in [-0.39, 0.29) is 16.5 Å². The van der Waals surface area contributed by atoms with Crippen molar-refractivity contribution in [2.75, 3.05) is 25.6 Å². The minimum atomic E-state index is -0.685. The quantitative estimate of drug-likeness (QED) is 0.488. The number of rotatable bonds is 7. The maximum absolute atomic E-state index is 12.5. The third-order valence-corrected chi connectivity index (χ3v) is 4.59. The van der Waals surface area contributed by atoms with Crippen molar-refractivity contribution < 1.29 is 14.3 Å². The smallest absolute Gasteiger partial charge is 0.329 e. The van der Waals surface area contributed by atoms with Crippen LogP contribution in [0.4, 0.5) is 5.69 Å². The Kier molecular flexibility index (Phi) is 6.65. The fraction of sp³-hybridized carbons (Fsp3) is 0.200. The normalized spacial score (nSPS) is 10.7. The van der Waals surface area contributed by atoms with Gasteiger partial charge >= 0.3 is 5.69 Å². The number of hydrogen-bond acceptors (Lipinski definition) is 5. The van der Waals surface area contributed by atoms with Crippen LogP contribution in [0.2, 0.25) is 5.02 Å². The summed E-state index contributed by atoms with van der Waals surface area (Å²) in [5.41, 5.74) is -0.285. The van der Waals surface area contributed by atoms with Gasteiger partial charge in [0.1, 0.15) is 6.54 Å². The summed E-state index contributed by atoms with van der Waals surface area (Å²) in [5.74, 6) is -0.963. The summed E-state index contributed by atoms with van der Waals surface area (Å²) in [6.07, 6.45) is 0. The molecule has 1 aromatic heterocycles. The van der Waals surface area contributed by atoms with Crippen LogP contribution in [-0.4, -0.2) is 41.6 Å². The summed E-state index contributed by atoms with van der Waals surface area (Å²) in [5, 5.41) is 5.66. The largest absolute Gasteiger partial charge is 0.383 e. The number of nitrogens with one attached hydrogen (secondary N) is 3. The van der Waals surface area contributed by atoms with Crippen molar-refractivity contribution in [3.05, 3.63) is 73.9 Å². The van der Waals surface area contributed by atoms with Gasteiger partial charge in [0.25, 0.3) is 11.5 Å². The predicted molar refractivity (Wildman–Crippen MR) is 113 cm³/mol. The van der Waals surface area contributed by atoms with E-state index in [2.05, 4.69) is 15.6 Å². The molecule has 9 nitrogen and oxygen atoms in total. The van der Waals surface area contributed by atoms with Gasteiger partial charge in [-0.3, -0.25) is 19.0 Å². The van der Waals surface area contributed by atoms with Gasteiger partial charge in [0.05, 0.1) is 28.1 Å². The number of anilines is 1. The molecular formula is C20H19ClN4O5. The van der Waals surface area contributed by atoms with Crippen LogP contribution in [0.5, 0.6) is 0 Å². The molecule has 10 heteroatoms. The lowest BCUT2D eigenvalue weighted by Crippen LogP contribution is -2.38. The third kappa shape index (κ3) is 4.76. The molecule has 0 radical (unpaired) electrons. The SMILES string of the molecule is COCCNC(=O)c1ccc(NC(=O)Cn2c(=O)[nH]c3ccccc3c2=O)cc1Cl. The highest BCUT2D eigenvalue weighted by molar-refractivity contribution is 6.34. The Morgan fingerprint density at radius 3 is 2.67 bits per heavy atom. The molecule has 2 amide bonds. The maximum Gasteiger partial charge on any atom is 0.329 e. The van der Waals surface area contributed by atoms with Gasteiger partial charge in [0.15, 0.2) is 0 Å². The number of carbonyl (C=O) groups excluding carboxylic acids is 2. The number of nitrogens with zero attached hydrogens (tertiary/aromatic N) is 1. The highest BCUT2D eigenvalue weighted by Crippen LogP contribution is 2.21. The van der Waals surface area contributed by atoms with Crippen LogP contribution in [0, 0.1) is 0 Å². The summed E-state index contributed by atoms with van der Waals surface area (Å²) in [6, 6.07) is 10.9. The molecule has 1 heterocycles. The van der Waals surface area contributed by atoms with Gasteiger partial charge in [-0.05, 0) is 30.3 Å². The number of aromatic amines is 1. The van der Waals surface area contributed by atoms with Crippen molar-refractivity contribution >= 4 is 40.0 Å². The van der Waals surface area contributed by atoms with Crippen molar-refractivity contribution in [2.45, 2.75) is 6.54 Å². The van der Waals surface area contributed by atoms with Gasteiger partial charge in [0, 0.05) is 19.3 Å². The Bertz CT molecular complexity index is 1220. The molecule has 0 saturated carbocycles. The molecule has 0 atom stereocenters. The molecule has 2 aromatic carbocycles. The molecule has 3 N–H and O–H groups in total. The van der Waals surface area contributed by atoms with Gasteiger partial charge in [0.2, 0.25) is 5.91 Å². The predicted octanol–water partition coefficient (Wildman–Crippen LogP) is 1.36. The number of benzene rings is 2. The summed E-state index contributed by atoms with van der Waals surface area (Å²) < 4.78 is 5.68. The summed E-state index contributed by atoms with van der Waals surface area (Å²) in [7, 11) is 1.52. The molecule has 0 bridgehead atoms. The standard InChI is InChI=1S/C20H19ClN4O5/c1-30-9-8-22-18(27)13-7-6-12(10-15(13)21)23-17(26)11-25-19(28)14-4-2-3-5-16(14)24-20(25)29/h2-7,10H,8-9,11H2,1H3,(H,22,27)(H,23,26)(H,24,29). The van der Waals surface area contributed by atoms with Crippen molar-refractivity contribution in [1.29, 1.82) is 0 Å². The minimum absolute atomic E-state index is 0.142. The summed E-state index contributed by atoms with van der Waals surface area (Å²) >= 11 is 6.14. The Labute approximate surface area is 175 Å². The molecule has 0 unspecified atom stereocenters. The Morgan fingerprint density at radius 1 is 1.17 bits per heavy atom. The summed E-state index contributed by atoms with van der Waals surface area (Å²) in [6.45, 7) is 0.222. The highest BCUT2D eigenvalue weighted by Gasteiger charge is 2.14. The number of para-hydroxylation sites is 1. The second-order valence-corrected chi connectivity index (χ2v) is 6.77. The van der Waals surface area contributed by atoms with Gasteiger partial charge in [-0.25, -0.2) is 4.79 Å². The second kappa shape index (κ2) is 9.38. The second-order valence-electron chi connectivity index (χ2n) is 6.36. The van der Waals surface area contributed by atoms with E-state index in [1.54, 1.807) is 24.3 Å². The molecule has 0 aliphatic carbocycles. The Hall–Kier alpha value is -3.43. The first kappa shape index (κ1) is 21.3. The number of carbonyl (C=O) groups is 2. The lowest BCUT2D eigenvalue weighted by Gasteiger charge is -2.10. The fourth-order valence-electron chi connectivity index (χ4n) is 2.83. The average molecular weight is 431 g/mol. The van der Waals surface area contributed by atoms with Crippen LogP contribution in [0.25, 0.3) is 10.9 Å². The number of amides is 2. The zero-order valence-corrected chi connectivity index (χ0v) is 16.8. The Morgan fingerprint density at radius 2 is 1.93 bits per heavy atom. The number of hydrogen-bond donors (Lipinski definition) is 3. The van der Waals surface area contributed by atoms with Gasteiger partial charge in [-0.2, -0.15) is 0 Å². The van der Waals surface area contributed by atoms with E-state index in [9.17, 15) is 19.2 Å². The van der Waals surface area contributed by atoms with Crippen LogP contribution in [0.1, 0.15) is 10.4 Å². The van der Waals surface area contributed by atoms with Crippen molar-refractivity contribution in [3.8, 4) is 0 Å². The first-order valence-electron chi connectivity index (χ1n) is 8.99. The molecule has 0 aliphatic rings. The average Bonchev–Trinajstić information content (AvgIpc) is 2.71. The Balaban J connectivity index is 1.73. The van der Waals surface area contributed by atoms with E-state index in [1.165, 1.54) is 25.3 Å². The summed E-state index contributed by atoms with van der Waals surface area (Å²) in [4.78, 5) is 51.7. The number of methoxy groups -OCH3 is 1. The van der Waals surface area contributed by atoms with Crippen LogP contribution in [0.15, 0.2) is 52.1 Å². The van der Waals surface area contributed by atoms with Gasteiger partial charge in [-0.15, -0.1) is 0 Å². The van der Waals surface area contributed by atoms with Crippen LogP contribution in [-0.2, 0) is 16.1 Å². The van der Waals surface area contributed by atoms with Crippen molar-refractivity contribution in [1.82, 2.24) is 14.9 Å². The lowest BCUT2D eigenvalue weighted by atomic mass is 10.2. The van der Waals surface area contributed by atoms with Gasteiger partial charge < -0.3 is 20.4 Å². The van der Waals surface area contributed by atoms with Crippen molar-refractivity contribution in [3.63, 3.8) is 0 Å². The highest BCUT2D eigenvalue weighted by atomic mass is 35.5. The number of aromatic nitrogens is 2. The molecule has 0 saturated heterocycles. The van der Waals surface area contributed by atoms with Crippen LogP contribution < -0.4 is 21.9 Å². The number of ether oxygens (including phenoxy) is 1. The molecule has 30 heavy (non-hydrogen) atoms. The molecule has 3 rings (SSSR count). The minimum Gasteiger partial charge on any atom is -0.383 e. The van der Waals surface area contributed by atoms with E-state index in [0.29, 0.717) is 29.7 Å². The van der Waals surface area contributed by atoms with E-state index in [0.717, 1.165) is 4.57 Å². The van der Waals surface area contributed by atoms with Crippen molar-refractivity contribution in [2.24, 2.45) is 0 Å². The fourth-order valence-corrected chi connectivity index (χ4v) is 3.09. The zero-order chi connectivity index (χ0) is 21.7. The maximum atomic E-state index is 12.5. The third-order valence-electron chi connectivity index (χ3n) is 4.28. The first-order chi connectivity index (χ1) is 14.4. The molecule has 0 aliphatic heterocycles. The van der Waals surface area contributed by atoms with E-state index >= 15 is 0 Å². The first-order valence-corrected chi connectivity index (χ1v) is 9.37. The zero-order valence-electron chi connectivity index (χ0n) is 16.0.